The van der Waals surface area contributed by atoms with Crippen molar-refractivity contribution in [3.05, 3.63) is 57.3 Å². The number of thiophene rings is 1. The van der Waals surface area contributed by atoms with E-state index in [1.807, 2.05) is 11.3 Å². The Balaban J connectivity index is 0.000000454. The molecule has 1 aromatic carbocycles. The van der Waals surface area contributed by atoms with Crippen molar-refractivity contribution < 1.29 is 33.0 Å². The molecule has 0 spiro atoms. The molecule has 0 saturated carbocycles. The van der Waals surface area contributed by atoms with Gasteiger partial charge in [0.05, 0.1) is 5.56 Å². The number of hydrogen-bond donors (Lipinski definition) is 2. The van der Waals surface area contributed by atoms with Gasteiger partial charge in [-0.2, -0.15) is 13.2 Å². The summed E-state index contributed by atoms with van der Waals surface area (Å²) < 4.78 is 38.2. The van der Waals surface area contributed by atoms with Gasteiger partial charge in [0.2, 0.25) is 0 Å². The van der Waals surface area contributed by atoms with E-state index < -0.39 is 23.7 Å². The third kappa shape index (κ3) is 7.04. The SMILES string of the molecule is FC(F)(F)c1ccc(C2CCN(CCC3CCCc4sccc43)CC2)cc1.O=C(O)C(=O)O. The van der Waals surface area contributed by atoms with Crippen molar-refractivity contribution >= 4 is 23.3 Å². The van der Waals surface area contributed by atoms with E-state index >= 15 is 0 Å². The summed E-state index contributed by atoms with van der Waals surface area (Å²) in [5.41, 5.74) is 2.09. The predicted octanol–water partition coefficient (Wildman–Crippen LogP) is 5.61. The molecule has 1 saturated heterocycles. The highest BCUT2D eigenvalue weighted by Crippen LogP contribution is 2.38. The molecule has 0 bridgehead atoms. The van der Waals surface area contributed by atoms with Crippen LogP contribution in [-0.2, 0) is 22.2 Å². The number of rotatable bonds is 4. The van der Waals surface area contributed by atoms with Crippen LogP contribution in [0.15, 0.2) is 35.7 Å². The molecule has 9 heteroatoms. The first-order chi connectivity index (χ1) is 15.6. The van der Waals surface area contributed by atoms with Crippen LogP contribution in [0.4, 0.5) is 13.2 Å². The lowest BCUT2D eigenvalue weighted by atomic mass is 9.85. The first kappa shape index (κ1) is 25.2. The van der Waals surface area contributed by atoms with E-state index in [2.05, 4.69) is 16.3 Å². The zero-order valence-corrected chi connectivity index (χ0v) is 19.0. The average Bonchev–Trinajstić information content (AvgIpc) is 3.27. The van der Waals surface area contributed by atoms with Crippen LogP contribution in [0.1, 0.15) is 65.5 Å². The Bertz CT molecular complexity index is 922. The molecule has 1 aromatic heterocycles. The molecule has 1 atom stereocenters. The molecule has 1 fully saturated rings. The van der Waals surface area contributed by atoms with Crippen molar-refractivity contribution in [2.45, 2.75) is 56.5 Å². The minimum absolute atomic E-state index is 0.390. The van der Waals surface area contributed by atoms with Crippen molar-refractivity contribution in [2.24, 2.45) is 0 Å². The second-order valence-electron chi connectivity index (χ2n) is 8.52. The summed E-state index contributed by atoms with van der Waals surface area (Å²) in [5.74, 6) is -2.54. The van der Waals surface area contributed by atoms with Crippen LogP contribution < -0.4 is 0 Å². The lowest BCUT2D eigenvalue weighted by molar-refractivity contribution is -0.159. The Hall–Kier alpha value is -2.39. The number of carbonyl (C=O) groups is 2. The summed E-state index contributed by atoms with van der Waals surface area (Å²) in [4.78, 5) is 22.3. The first-order valence-corrected chi connectivity index (χ1v) is 11.9. The number of carboxylic acid groups (broad SMARTS) is 2. The smallest absolute Gasteiger partial charge is 0.416 e. The van der Waals surface area contributed by atoms with Crippen LogP contribution in [0.3, 0.4) is 0 Å². The highest BCUT2D eigenvalue weighted by atomic mass is 32.1. The normalized spacial score (nSPS) is 19.3. The largest absolute Gasteiger partial charge is 0.473 e. The van der Waals surface area contributed by atoms with Gasteiger partial charge in [-0.3, -0.25) is 0 Å². The number of piperidine rings is 1. The lowest BCUT2D eigenvalue weighted by Gasteiger charge is -2.33. The van der Waals surface area contributed by atoms with Crippen LogP contribution >= 0.6 is 11.3 Å². The molecule has 2 aliphatic rings. The third-order valence-electron chi connectivity index (χ3n) is 6.45. The standard InChI is InChI=1S/C22H26F3NS.C2H2O4/c23-22(24,25)19-6-4-16(5-7-19)17-8-12-26(13-9-17)14-10-18-2-1-3-21-20(18)11-15-27-21;3-1(4)2(5)6/h4-7,11,15,17-18H,1-3,8-10,12-14H2;(H,3,4)(H,5,6). The van der Waals surface area contributed by atoms with E-state index in [4.69, 9.17) is 19.8 Å². The third-order valence-corrected chi connectivity index (χ3v) is 7.45. The summed E-state index contributed by atoms with van der Waals surface area (Å²) >= 11 is 1.91. The molecule has 2 aromatic rings. The maximum absolute atomic E-state index is 12.7. The van der Waals surface area contributed by atoms with E-state index in [1.165, 1.54) is 37.8 Å². The molecular weight excluding hydrogens is 455 g/mol. The molecule has 5 nitrogen and oxygen atoms in total. The van der Waals surface area contributed by atoms with Crippen molar-refractivity contribution in [2.75, 3.05) is 19.6 Å². The Morgan fingerprint density at radius 1 is 1.00 bits per heavy atom. The average molecular weight is 484 g/mol. The maximum Gasteiger partial charge on any atom is 0.416 e. The van der Waals surface area contributed by atoms with E-state index in [9.17, 15) is 13.2 Å². The van der Waals surface area contributed by atoms with Gasteiger partial charge in [0.25, 0.3) is 0 Å². The molecular formula is C24H28F3NO4S. The van der Waals surface area contributed by atoms with E-state index in [1.54, 1.807) is 22.6 Å². The van der Waals surface area contributed by atoms with Gasteiger partial charge in [-0.15, -0.1) is 11.3 Å². The Kier molecular flexibility index (Phi) is 8.53. The van der Waals surface area contributed by atoms with E-state index in [0.29, 0.717) is 11.8 Å². The van der Waals surface area contributed by atoms with E-state index in [-0.39, 0.29) is 0 Å². The van der Waals surface area contributed by atoms with Crippen LogP contribution in [-0.4, -0.2) is 46.7 Å². The van der Waals surface area contributed by atoms with Crippen molar-refractivity contribution in [1.82, 2.24) is 4.90 Å². The molecule has 0 amide bonds. The zero-order valence-electron chi connectivity index (χ0n) is 18.2. The summed E-state index contributed by atoms with van der Waals surface area (Å²) in [5, 5.41) is 17.0. The van der Waals surface area contributed by atoms with Gasteiger partial charge >= 0.3 is 18.1 Å². The lowest BCUT2D eigenvalue weighted by Crippen LogP contribution is -2.34. The van der Waals surface area contributed by atoms with Crippen LogP contribution in [0.5, 0.6) is 0 Å². The zero-order chi connectivity index (χ0) is 24.0. The van der Waals surface area contributed by atoms with Crippen LogP contribution in [0.25, 0.3) is 0 Å². The fourth-order valence-corrected chi connectivity index (χ4v) is 5.67. The van der Waals surface area contributed by atoms with E-state index in [0.717, 1.165) is 38.0 Å². The van der Waals surface area contributed by atoms with Gasteiger partial charge in [0.1, 0.15) is 0 Å². The molecule has 33 heavy (non-hydrogen) atoms. The first-order valence-electron chi connectivity index (χ1n) is 11.1. The molecule has 1 unspecified atom stereocenters. The molecule has 180 valence electrons. The number of likely N-dealkylation sites (tertiary alicyclic amines) is 1. The van der Waals surface area contributed by atoms with Crippen LogP contribution in [0, 0.1) is 0 Å². The summed E-state index contributed by atoms with van der Waals surface area (Å²) in [6.07, 6.45) is 2.94. The topological polar surface area (TPSA) is 77.8 Å². The minimum Gasteiger partial charge on any atom is -0.473 e. The quantitative estimate of drug-likeness (QED) is 0.553. The van der Waals surface area contributed by atoms with Gasteiger partial charge in [0.15, 0.2) is 0 Å². The fourth-order valence-electron chi connectivity index (χ4n) is 4.65. The monoisotopic (exact) mass is 483 g/mol. The molecule has 1 aliphatic carbocycles. The summed E-state index contributed by atoms with van der Waals surface area (Å²) in [6.45, 7) is 3.24. The number of aryl methyl sites for hydroxylation is 1. The second kappa shape index (κ2) is 11.2. The highest BCUT2D eigenvalue weighted by molar-refractivity contribution is 7.10. The molecule has 1 aliphatic heterocycles. The fraction of sp³-hybridized carbons (Fsp3) is 0.500. The van der Waals surface area contributed by atoms with Crippen molar-refractivity contribution in [1.29, 1.82) is 0 Å². The van der Waals surface area contributed by atoms with Gasteiger partial charge in [-0.1, -0.05) is 12.1 Å². The molecule has 4 rings (SSSR count). The molecule has 0 radical (unpaired) electrons. The Morgan fingerprint density at radius 3 is 2.21 bits per heavy atom. The van der Waals surface area contributed by atoms with Crippen LogP contribution in [0.2, 0.25) is 0 Å². The number of benzene rings is 1. The number of fused-ring (bicyclic) bond motifs is 1. The van der Waals surface area contributed by atoms with Crippen molar-refractivity contribution in [3.63, 3.8) is 0 Å². The van der Waals surface area contributed by atoms with Gasteiger partial charge in [-0.05, 0) is 105 Å². The molecule has 2 heterocycles. The van der Waals surface area contributed by atoms with Crippen molar-refractivity contribution in [3.8, 4) is 0 Å². The number of aliphatic carboxylic acids is 2. The second-order valence-corrected chi connectivity index (χ2v) is 9.52. The Labute approximate surface area is 194 Å². The molecule has 2 N–H and O–H groups in total. The number of hydrogen-bond acceptors (Lipinski definition) is 4. The number of carboxylic acids is 2. The Morgan fingerprint density at radius 2 is 1.64 bits per heavy atom. The highest BCUT2D eigenvalue weighted by Gasteiger charge is 2.30. The maximum atomic E-state index is 12.7. The number of alkyl halides is 3. The van der Waals surface area contributed by atoms with Gasteiger partial charge in [-0.25, -0.2) is 9.59 Å². The minimum atomic E-state index is -4.25. The summed E-state index contributed by atoms with van der Waals surface area (Å²) in [7, 11) is 0. The van der Waals surface area contributed by atoms with Gasteiger partial charge < -0.3 is 15.1 Å². The predicted molar refractivity (Wildman–Crippen MR) is 120 cm³/mol. The van der Waals surface area contributed by atoms with Gasteiger partial charge in [0, 0.05) is 4.88 Å². The number of nitrogens with zero attached hydrogens (tertiary/aromatic N) is 1. The number of halogens is 3. The summed E-state index contributed by atoms with van der Waals surface area (Å²) in [6, 6.07) is 8.11.